The molecule has 1 amide bonds. The van der Waals surface area contributed by atoms with Gasteiger partial charge in [-0.2, -0.15) is 4.98 Å². The van der Waals surface area contributed by atoms with Crippen LogP contribution in [0.15, 0.2) is 28.8 Å². The number of rotatable bonds is 4. The molecule has 22 heavy (non-hydrogen) atoms. The zero-order valence-electron chi connectivity index (χ0n) is 12.1. The average Bonchev–Trinajstić information content (AvgIpc) is 3.10. The minimum Gasteiger partial charge on any atom is -0.368 e. The summed E-state index contributed by atoms with van der Waals surface area (Å²) in [6.07, 6.45) is 0.747. The van der Waals surface area contributed by atoms with E-state index in [1.54, 1.807) is 0 Å². The Bertz CT molecular complexity index is 656. The van der Waals surface area contributed by atoms with Crippen molar-refractivity contribution in [3.63, 3.8) is 0 Å². The number of amides is 1. The van der Waals surface area contributed by atoms with Crippen LogP contribution in [-0.2, 0) is 16.0 Å². The highest BCUT2D eigenvalue weighted by Crippen LogP contribution is 2.32. The Morgan fingerprint density at radius 2 is 2.18 bits per heavy atom. The topological polar surface area (TPSA) is 77.2 Å². The van der Waals surface area contributed by atoms with Gasteiger partial charge in [-0.1, -0.05) is 12.1 Å². The van der Waals surface area contributed by atoms with Gasteiger partial charge in [-0.15, -0.1) is 0 Å². The molecule has 1 N–H and O–H groups in total. The lowest BCUT2D eigenvalue weighted by molar-refractivity contribution is -0.115. The van der Waals surface area contributed by atoms with Gasteiger partial charge >= 0.3 is 0 Å². The predicted octanol–water partition coefficient (Wildman–Crippen LogP) is 2.49. The Morgan fingerprint density at radius 1 is 1.41 bits per heavy atom. The van der Waals surface area contributed by atoms with Crippen molar-refractivity contribution in [3.05, 3.63) is 41.8 Å². The number of nitrogens with one attached hydrogen (secondary N) is 1. The lowest BCUT2D eigenvalue weighted by Gasteiger charge is -2.07. The second kappa shape index (κ2) is 6.23. The number of aromatic nitrogens is 2. The van der Waals surface area contributed by atoms with Gasteiger partial charge in [0.1, 0.15) is 11.9 Å². The molecular formula is C15H16FN3O3. The van der Waals surface area contributed by atoms with Crippen LogP contribution in [0.25, 0.3) is 0 Å². The van der Waals surface area contributed by atoms with Gasteiger partial charge in [0.05, 0.1) is 6.42 Å². The summed E-state index contributed by atoms with van der Waals surface area (Å²) in [6, 6.07) is 5.54. The summed E-state index contributed by atoms with van der Waals surface area (Å²) < 4.78 is 23.5. The summed E-state index contributed by atoms with van der Waals surface area (Å²) in [5.41, 5.74) is 0.517. The molecule has 2 aromatic rings. The van der Waals surface area contributed by atoms with Crippen molar-refractivity contribution in [3.8, 4) is 0 Å². The molecule has 116 valence electrons. The molecule has 7 heteroatoms. The van der Waals surface area contributed by atoms with Crippen LogP contribution in [0.5, 0.6) is 0 Å². The van der Waals surface area contributed by atoms with Crippen LogP contribution in [0.1, 0.15) is 31.2 Å². The summed E-state index contributed by atoms with van der Waals surface area (Å²) >= 11 is 0. The van der Waals surface area contributed by atoms with Gasteiger partial charge in [-0.3, -0.25) is 4.79 Å². The minimum atomic E-state index is -0.355. The van der Waals surface area contributed by atoms with Gasteiger partial charge in [0.25, 0.3) is 5.89 Å². The molecule has 1 fully saturated rings. The highest BCUT2D eigenvalue weighted by Gasteiger charge is 2.31. The first-order chi connectivity index (χ1) is 10.6. The Balaban J connectivity index is 1.60. The number of hydrogen-bond donors (Lipinski definition) is 1. The van der Waals surface area contributed by atoms with Crippen molar-refractivity contribution >= 4 is 11.6 Å². The zero-order chi connectivity index (χ0) is 15.5. The van der Waals surface area contributed by atoms with E-state index in [9.17, 15) is 9.18 Å². The molecule has 0 radical (unpaired) electrons. The number of ether oxygens (including phenoxy) is 1. The van der Waals surface area contributed by atoms with Crippen molar-refractivity contribution in [2.75, 3.05) is 11.9 Å². The van der Waals surface area contributed by atoms with Gasteiger partial charge in [0.15, 0.2) is 5.82 Å². The Hall–Kier alpha value is -2.28. The standard InChI is InChI=1S/C15H16FN3O3/c1-9-6-7-21-14(9)15-18-12(19-22-15)8-13(20)17-11-4-2-10(16)3-5-11/h2-5,9,14H,6-8H2,1H3,(H,17,20)/t9-,14-/m0/s1. The maximum atomic E-state index is 12.8. The normalized spacial score (nSPS) is 21.0. The van der Waals surface area contributed by atoms with Gasteiger partial charge in [-0.05, 0) is 36.6 Å². The monoisotopic (exact) mass is 305 g/mol. The van der Waals surface area contributed by atoms with E-state index in [1.807, 2.05) is 0 Å². The number of carbonyl (C=O) groups is 1. The molecule has 3 rings (SSSR count). The first-order valence-corrected chi connectivity index (χ1v) is 7.11. The van der Waals surface area contributed by atoms with E-state index in [1.165, 1.54) is 24.3 Å². The van der Waals surface area contributed by atoms with E-state index < -0.39 is 0 Å². The third kappa shape index (κ3) is 3.30. The van der Waals surface area contributed by atoms with Gasteiger partial charge in [0.2, 0.25) is 5.91 Å². The fourth-order valence-corrected chi connectivity index (χ4v) is 2.35. The molecule has 1 aliphatic heterocycles. The molecule has 1 aromatic heterocycles. The molecule has 2 heterocycles. The Kier molecular flexibility index (Phi) is 4.15. The van der Waals surface area contributed by atoms with Crippen molar-refractivity contribution in [2.24, 2.45) is 5.92 Å². The van der Waals surface area contributed by atoms with E-state index in [2.05, 4.69) is 22.4 Å². The second-order valence-electron chi connectivity index (χ2n) is 5.34. The van der Waals surface area contributed by atoms with E-state index in [4.69, 9.17) is 9.26 Å². The molecule has 0 aliphatic carbocycles. The predicted molar refractivity (Wildman–Crippen MR) is 75.5 cm³/mol. The number of anilines is 1. The molecule has 1 aliphatic rings. The minimum absolute atomic E-state index is 0.0119. The summed E-state index contributed by atoms with van der Waals surface area (Å²) in [5.74, 6) is 0.388. The molecule has 1 aromatic carbocycles. The SMILES string of the molecule is C[C@H]1CCO[C@@H]1c1nc(CC(=O)Nc2ccc(F)cc2)no1. The smallest absolute Gasteiger partial charge is 0.256 e. The van der Waals surface area contributed by atoms with Crippen LogP contribution in [0.2, 0.25) is 0 Å². The van der Waals surface area contributed by atoms with Crippen molar-refractivity contribution in [2.45, 2.75) is 25.9 Å². The fourth-order valence-electron chi connectivity index (χ4n) is 2.35. The summed E-state index contributed by atoms with van der Waals surface area (Å²) in [6.45, 7) is 2.73. The Morgan fingerprint density at radius 3 is 2.86 bits per heavy atom. The fraction of sp³-hybridized carbons (Fsp3) is 0.400. The van der Waals surface area contributed by atoms with Gasteiger partial charge in [0, 0.05) is 12.3 Å². The molecule has 0 unspecified atom stereocenters. The van der Waals surface area contributed by atoms with E-state index in [0.29, 0.717) is 29.9 Å². The maximum absolute atomic E-state index is 12.8. The first-order valence-electron chi connectivity index (χ1n) is 7.11. The number of hydrogen-bond acceptors (Lipinski definition) is 5. The van der Waals surface area contributed by atoms with E-state index >= 15 is 0 Å². The summed E-state index contributed by atoms with van der Waals surface area (Å²) in [4.78, 5) is 16.1. The third-order valence-corrected chi connectivity index (χ3v) is 3.56. The highest BCUT2D eigenvalue weighted by molar-refractivity contribution is 5.91. The largest absolute Gasteiger partial charge is 0.368 e. The van der Waals surface area contributed by atoms with E-state index in [-0.39, 0.29) is 24.2 Å². The number of nitrogens with zero attached hydrogens (tertiary/aromatic N) is 2. The van der Waals surface area contributed by atoms with Crippen LogP contribution in [0.3, 0.4) is 0 Å². The molecular weight excluding hydrogens is 289 g/mol. The average molecular weight is 305 g/mol. The molecule has 0 saturated carbocycles. The maximum Gasteiger partial charge on any atom is 0.256 e. The van der Waals surface area contributed by atoms with E-state index in [0.717, 1.165) is 6.42 Å². The lowest BCUT2D eigenvalue weighted by Crippen LogP contribution is -2.15. The van der Waals surface area contributed by atoms with Crippen LogP contribution in [0, 0.1) is 11.7 Å². The van der Waals surface area contributed by atoms with Gasteiger partial charge in [-0.25, -0.2) is 4.39 Å². The molecule has 0 spiro atoms. The van der Waals surface area contributed by atoms with Crippen molar-refractivity contribution in [1.82, 2.24) is 10.1 Å². The molecule has 2 atom stereocenters. The zero-order valence-corrected chi connectivity index (χ0v) is 12.1. The quantitative estimate of drug-likeness (QED) is 0.939. The molecule has 0 bridgehead atoms. The van der Waals surface area contributed by atoms with Crippen LogP contribution < -0.4 is 5.32 Å². The second-order valence-corrected chi connectivity index (χ2v) is 5.34. The first kappa shape index (κ1) is 14.6. The third-order valence-electron chi connectivity index (χ3n) is 3.56. The number of carbonyl (C=O) groups excluding carboxylic acids is 1. The number of benzene rings is 1. The van der Waals surface area contributed by atoms with Crippen LogP contribution in [0.4, 0.5) is 10.1 Å². The number of halogens is 1. The molecule has 1 saturated heterocycles. The highest BCUT2D eigenvalue weighted by atomic mass is 19.1. The molecule has 6 nitrogen and oxygen atoms in total. The van der Waals surface area contributed by atoms with Crippen LogP contribution >= 0.6 is 0 Å². The Labute approximate surface area is 126 Å². The summed E-state index contributed by atoms with van der Waals surface area (Å²) in [5, 5.41) is 6.45. The summed E-state index contributed by atoms with van der Waals surface area (Å²) in [7, 11) is 0. The van der Waals surface area contributed by atoms with Crippen molar-refractivity contribution in [1.29, 1.82) is 0 Å². The van der Waals surface area contributed by atoms with Crippen LogP contribution in [-0.4, -0.2) is 22.7 Å². The lowest BCUT2D eigenvalue weighted by atomic mass is 10.0. The van der Waals surface area contributed by atoms with Gasteiger partial charge < -0.3 is 14.6 Å². The van der Waals surface area contributed by atoms with Crippen molar-refractivity contribution < 1.29 is 18.4 Å².